The summed E-state index contributed by atoms with van der Waals surface area (Å²) in [5, 5.41) is 4.22. The fourth-order valence-corrected chi connectivity index (χ4v) is 2.86. The fourth-order valence-electron chi connectivity index (χ4n) is 2.86. The summed E-state index contributed by atoms with van der Waals surface area (Å²) in [5.74, 6) is 0.841. The van der Waals surface area contributed by atoms with Crippen LogP contribution in [0.4, 0.5) is 0 Å². The van der Waals surface area contributed by atoms with Crippen molar-refractivity contribution in [3.63, 3.8) is 0 Å². The van der Waals surface area contributed by atoms with Crippen LogP contribution in [0.15, 0.2) is 36.5 Å². The molecule has 110 valence electrons. The van der Waals surface area contributed by atoms with Crippen LogP contribution in [0.2, 0.25) is 0 Å². The van der Waals surface area contributed by atoms with Gasteiger partial charge in [0.15, 0.2) is 0 Å². The zero-order valence-electron chi connectivity index (χ0n) is 12.3. The van der Waals surface area contributed by atoms with E-state index in [1.54, 1.807) is 24.1 Å². The highest BCUT2D eigenvalue weighted by atomic mass is 16.5. The normalized spacial score (nSPS) is 18.0. The molecule has 5 nitrogen and oxygen atoms in total. The van der Waals surface area contributed by atoms with Crippen LogP contribution in [0.3, 0.4) is 0 Å². The number of nitrogens with zero attached hydrogens (tertiary/aromatic N) is 3. The molecule has 5 heteroatoms. The molecule has 2 aromatic rings. The fraction of sp³-hybridized carbons (Fsp3) is 0.375. The Kier molecular flexibility index (Phi) is 3.64. The predicted molar refractivity (Wildman–Crippen MR) is 79.2 cm³/mol. The van der Waals surface area contributed by atoms with Crippen LogP contribution in [-0.2, 0) is 7.05 Å². The average Bonchev–Trinajstić information content (AvgIpc) is 3.15. The van der Waals surface area contributed by atoms with Crippen molar-refractivity contribution in [1.82, 2.24) is 14.7 Å². The number of carbonyl (C=O) groups is 1. The van der Waals surface area contributed by atoms with Crippen molar-refractivity contribution in [3.05, 3.63) is 47.8 Å². The second kappa shape index (κ2) is 5.60. The van der Waals surface area contributed by atoms with Gasteiger partial charge in [0.25, 0.3) is 5.91 Å². The molecule has 1 saturated heterocycles. The SMILES string of the molecule is COc1ccc([C@H]2CCCN2C(=O)c2ccn(C)n2)cc1. The van der Waals surface area contributed by atoms with Crippen LogP contribution in [0.5, 0.6) is 5.75 Å². The molecule has 2 heterocycles. The van der Waals surface area contributed by atoms with Crippen molar-refractivity contribution in [3.8, 4) is 5.75 Å². The molecule has 1 atom stereocenters. The summed E-state index contributed by atoms with van der Waals surface area (Å²) >= 11 is 0. The molecular formula is C16H19N3O2. The van der Waals surface area contributed by atoms with E-state index >= 15 is 0 Å². The number of ether oxygens (including phenoxy) is 1. The summed E-state index contributed by atoms with van der Waals surface area (Å²) in [6.07, 6.45) is 3.81. The van der Waals surface area contributed by atoms with Gasteiger partial charge in [0.2, 0.25) is 0 Å². The molecule has 0 saturated carbocycles. The summed E-state index contributed by atoms with van der Waals surface area (Å²) in [6, 6.07) is 9.85. The van der Waals surface area contributed by atoms with E-state index in [0.717, 1.165) is 30.7 Å². The lowest BCUT2D eigenvalue weighted by Crippen LogP contribution is -2.31. The van der Waals surface area contributed by atoms with Gasteiger partial charge < -0.3 is 9.64 Å². The Morgan fingerprint density at radius 1 is 1.29 bits per heavy atom. The highest BCUT2D eigenvalue weighted by molar-refractivity contribution is 5.92. The van der Waals surface area contributed by atoms with Crippen LogP contribution < -0.4 is 4.74 Å². The van der Waals surface area contributed by atoms with Crippen LogP contribution >= 0.6 is 0 Å². The number of benzene rings is 1. The van der Waals surface area contributed by atoms with Crippen molar-refractivity contribution in [2.75, 3.05) is 13.7 Å². The first kappa shape index (κ1) is 13.7. The molecule has 0 unspecified atom stereocenters. The lowest BCUT2D eigenvalue weighted by molar-refractivity contribution is 0.0729. The Morgan fingerprint density at radius 2 is 2.05 bits per heavy atom. The number of likely N-dealkylation sites (tertiary alicyclic amines) is 1. The summed E-state index contributed by atoms with van der Waals surface area (Å²) in [7, 11) is 3.48. The number of aryl methyl sites for hydroxylation is 1. The monoisotopic (exact) mass is 285 g/mol. The van der Waals surface area contributed by atoms with E-state index in [1.165, 1.54) is 0 Å². The largest absolute Gasteiger partial charge is 0.497 e. The smallest absolute Gasteiger partial charge is 0.274 e. The second-order valence-electron chi connectivity index (χ2n) is 5.30. The average molecular weight is 285 g/mol. The summed E-state index contributed by atoms with van der Waals surface area (Å²) in [4.78, 5) is 14.5. The highest BCUT2D eigenvalue weighted by Gasteiger charge is 2.31. The molecular weight excluding hydrogens is 266 g/mol. The zero-order valence-corrected chi connectivity index (χ0v) is 12.3. The number of hydrogen-bond donors (Lipinski definition) is 0. The molecule has 1 fully saturated rings. The van der Waals surface area contributed by atoms with Crippen LogP contribution in [0.25, 0.3) is 0 Å². The van der Waals surface area contributed by atoms with E-state index in [4.69, 9.17) is 4.74 Å². The molecule has 3 rings (SSSR count). The van der Waals surface area contributed by atoms with Gasteiger partial charge >= 0.3 is 0 Å². The molecule has 0 aliphatic carbocycles. The molecule has 21 heavy (non-hydrogen) atoms. The summed E-state index contributed by atoms with van der Waals surface area (Å²) in [6.45, 7) is 0.784. The molecule has 0 bridgehead atoms. The van der Waals surface area contributed by atoms with E-state index in [1.807, 2.05) is 36.2 Å². The van der Waals surface area contributed by atoms with E-state index in [-0.39, 0.29) is 11.9 Å². The van der Waals surface area contributed by atoms with Crippen molar-refractivity contribution in [1.29, 1.82) is 0 Å². The van der Waals surface area contributed by atoms with Crippen molar-refractivity contribution < 1.29 is 9.53 Å². The molecule has 1 aliphatic rings. The molecule has 0 radical (unpaired) electrons. The lowest BCUT2D eigenvalue weighted by Gasteiger charge is -2.24. The minimum atomic E-state index is 0.00826. The van der Waals surface area contributed by atoms with Gasteiger partial charge in [0.1, 0.15) is 11.4 Å². The van der Waals surface area contributed by atoms with Crippen molar-refractivity contribution in [2.24, 2.45) is 7.05 Å². The maximum atomic E-state index is 12.6. The van der Waals surface area contributed by atoms with E-state index in [2.05, 4.69) is 5.10 Å². The van der Waals surface area contributed by atoms with Gasteiger partial charge in [-0.2, -0.15) is 5.10 Å². The topological polar surface area (TPSA) is 47.4 Å². The number of methoxy groups -OCH3 is 1. The maximum Gasteiger partial charge on any atom is 0.274 e. The van der Waals surface area contributed by atoms with Gasteiger partial charge in [-0.15, -0.1) is 0 Å². The lowest BCUT2D eigenvalue weighted by atomic mass is 10.0. The minimum Gasteiger partial charge on any atom is -0.497 e. The molecule has 0 spiro atoms. The van der Waals surface area contributed by atoms with Crippen LogP contribution in [-0.4, -0.2) is 34.2 Å². The number of aromatic nitrogens is 2. The molecule has 1 aromatic carbocycles. The zero-order chi connectivity index (χ0) is 14.8. The Bertz CT molecular complexity index is 633. The highest BCUT2D eigenvalue weighted by Crippen LogP contribution is 2.33. The first-order chi connectivity index (χ1) is 10.2. The molecule has 1 amide bonds. The number of amides is 1. The Labute approximate surface area is 124 Å². The predicted octanol–water partition coefficient (Wildman–Crippen LogP) is 2.41. The van der Waals surface area contributed by atoms with Gasteiger partial charge in [-0.1, -0.05) is 12.1 Å². The van der Waals surface area contributed by atoms with Gasteiger partial charge in [-0.05, 0) is 36.6 Å². The van der Waals surface area contributed by atoms with Gasteiger partial charge in [-0.25, -0.2) is 0 Å². The summed E-state index contributed by atoms with van der Waals surface area (Å²) < 4.78 is 6.84. The number of carbonyl (C=O) groups excluding carboxylic acids is 1. The van der Waals surface area contributed by atoms with Gasteiger partial charge in [0, 0.05) is 19.8 Å². The third kappa shape index (κ3) is 2.63. The van der Waals surface area contributed by atoms with Crippen molar-refractivity contribution in [2.45, 2.75) is 18.9 Å². The third-order valence-electron chi connectivity index (χ3n) is 3.95. The molecule has 0 N–H and O–H groups in total. The van der Waals surface area contributed by atoms with E-state index in [0.29, 0.717) is 5.69 Å². The maximum absolute atomic E-state index is 12.6. The number of rotatable bonds is 3. The Morgan fingerprint density at radius 3 is 2.67 bits per heavy atom. The van der Waals surface area contributed by atoms with E-state index in [9.17, 15) is 4.79 Å². The van der Waals surface area contributed by atoms with Gasteiger partial charge in [0.05, 0.1) is 13.2 Å². The number of hydrogen-bond acceptors (Lipinski definition) is 3. The van der Waals surface area contributed by atoms with Gasteiger partial charge in [-0.3, -0.25) is 9.48 Å². The quantitative estimate of drug-likeness (QED) is 0.870. The minimum absolute atomic E-state index is 0.00826. The second-order valence-corrected chi connectivity index (χ2v) is 5.30. The molecule has 1 aliphatic heterocycles. The van der Waals surface area contributed by atoms with Crippen molar-refractivity contribution >= 4 is 5.91 Å². The standard InChI is InChI=1S/C16H19N3O2/c1-18-11-9-14(17-18)16(20)19-10-3-4-15(19)12-5-7-13(21-2)8-6-12/h5-9,11,15H,3-4,10H2,1-2H3/t15-/m1/s1. The Hall–Kier alpha value is -2.30. The van der Waals surface area contributed by atoms with E-state index < -0.39 is 0 Å². The first-order valence-electron chi connectivity index (χ1n) is 7.13. The van der Waals surface area contributed by atoms with Crippen LogP contribution in [0, 0.1) is 0 Å². The molecule has 1 aromatic heterocycles. The summed E-state index contributed by atoms with van der Waals surface area (Å²) in [5.41, 5.74) is 1.66. The first-order valence-corrected chi connectivity index (χ1v) is 7.13. The van der Waals surface area contributed by atoms with Crippen LogP contribution in [0.1, 0.15) is 34.9 Å². The Balaban J connectivity index is 1.83. The third-order valence-corrected chi connectivity index (χ3v) is 3.95.